The van der Waals surface area contributed by atoms with Crippen LogP contribution in [0.2, 0.25) is 0 Å². The van der Waals surface area contributed by atoms with Crippen molar-refractivity contribution in [2.45, 2.75) is 31.2 Å². The zero-order chi connectivity index (χ0) is 18.8. The third-order valence-corrected chi connectivity index (χ3v) is 5.14. The number of rotatable bonds is 6. The second-order valence-electron chi connectivity index (χ2n) is 5.90. The lowest BCUT2D eigenvalue weighted by Crippen LogP contribution is -2.25. The maximum absolute atomic E-state index is 13.0. The van der Waals surface area contributed by atoms with Gasteiger partial charge < -0.3 is 10.2 Å². The van der Waals surface area contributed by atoms with Crippen molar-refractivity contribution in [3.05, 3.63) is 46.4 Å². The van der Waals surface area contributed by atoms with Crippen molar-refractivity contribution in [1.29, 1.82) is 0 Å². The Hall–Kier alpha value is -2.43. The first-order valence-corrected chi connectivity index (χ1v) is 9.02. The highest BCUT2D eigenvalue weighted by Gasteiger charge is 2.22. The number of aromatic nitrogens is 6. The van der Waals surface area contributed by atoms with E-state index in [-0.39, 0.29) is 11.3 Å². The summed E-state index contributed by atoms with van der Waals surface area (Å²) in [5.74, 6) is 0.205. The molecule has 2 N–H and O–H groups in total. The van der Waals surface area contributed by atoms with Crippen molar-refractivity contribution >= 4 is 11.8 Å². The first-order chi connectivity index (χ1) is 12.4. The van der Waals surface area contributed by atoms with Gasteiger partial charge in [0, 0.05) is 12.8 Å². The van der Waals surface area contributed by atoms with E-state index in [4.69, 9.17) is 0 Å². The van der Waals surface area contributed by atoms with Gasteiger partial charge in [-0.3, -0.25) is 9.48 Å². The molecule has 0 radical (unpaired) electrons. The van der Waals surface area contributed by atoms with Gasteiger partial charge in [0.25, 0.3) is 5.56 Å². The summed E-state index contributed by atoms with van der Waals surface area (Å²) >= 11 is 1.17. The van der Waals surface area contributed by atoms with Crippen LogP contribution in [-0.4, -0.2) is 57.7 Å². The van der Waals surface area contributed by atoms with Gasteiger partial charge in [-0.2, -0.15) is 4.68 Å². The molecule has 0 spiro atoms. The summed E-state index contributed by atoms with van der Waals surface area (Å²) in [6.45, 7) is 3.32. The molecule has 2 atom stereocenters. The summed E-state index contributed by atoms with van der Waals surface area (Å²) < 4.78 is 4.66. The Kier molecular flexibility index (Phi) is 5.25. The number of para-hydroxylation sites is 1. The highest BCUT2D eigenvalue weighted by molar-refractivity contribution is 7.99. The van der Waals surface area contributed by atoms with E-state index in [0.29, 0.717) is 16.5 Å². The summed E-state index contributed by atoms with van der Waals surface area (Å²) in [5.41, 5.74) is 1.53. The average Bonchev–Trinajstić information content (AvgIpc) is 3.16. The second-order valence-corrected chi connectivity index (χ2v) is 6.89. The molecule has 0 fully saturated rings. The predicted molar refractivity (Wildman–Crippen MR) is 96.9 cm³/mol. The summed E-state index contributed by atoms with van der Waals surface area (Å²) in [6.07, 6.45) is -1.77. The van der Waals surface area contributed by atoms with E-state index in [1.54, 1.807) is 16.4 Å². The van der Waals surface area contributed by atoms with Crippen LogP contribution in [0.25, 0.3) is 11.4 Å². The number of aliphatic hydroxyl groups is 2. The molecule has 0 bridgehead atoms. The molecule has 138 valence electrons. The van der Waals surface area contributed by atoms with Crippen LogP contribution < -0.4 is 5.56 Å². The van der Waals surface area contributed by atoms with Crippen LogP contribution in [0.1, 0.15) is 12.6 Å². The van der Waals surface area contributed by atoms with Crippen molar-refractivity contribution in [2.24, 2.45) is 7.05 Å². The van der Waals surface area contributed by atoms with Gasteiger partial charge in [-0.1, -0.05) is 30.0 Å². The van der Waals surface area contributed by atoms with Crippen molar-refractivity contribution in [3.8, 4) is 11.4 Å². The van der Waals surface area contributed by atoms with E-state index in [1.807, 2.05) is 37.3 Å². The molecule has 10 heteroatoms. The Morgan fingerprint density at radius 3 is 2.58 bits per heavy atom. The van der Waals surface area contributed by atoms with Crippen molar-refractivity contribution < 1.29 is 10.2 Å². The number of benzene rings is 1. The van der Waals surface area contributed by atoms with Crippen molar-refractivity contribution in [3.63, 3.8) is 0 Å². The molecule has 1 aromatic carbocycles. The molecule has 3 aromatic rings. The molecule has 0 aliphatic heterocycles. The molecular weight excluding hydrogens is 356 g/mol. The van der Waals surface area contributed by atoms with Gasteiger partial charge in [-0.25, -0.2) is 4.68 Å². The fourth-order valence-electron chi connectivity index (χ4n) is 2.51. The molecule has 0 saturated heterocycles. The summed E-state index contributed by atoms with van der Waals surface area (Å²) in [5, 5.41) is 31.1. The van der Waals surface area contributed by atoms with E-state index in [0.717, 1.165) is 5.69 Å². The lowest BCUT2D eigenvalue weighted by Gasteiger charge is -2.12. The number of hydrogen-bond donors (Lipinski definition) is 2. The van der Waals surface area contributed by atoms with E-state index in [2.05, 4.69) is 15.5 Å². The Morgan fingerprint density at radius 2 is 1.92 bits per heavy atom. The van der Waals surface area contributed by atoms with E-state index < -0.39 is 12.2 Å². The molecule has 2 unspecified atom stereocenters. The quantitative estimate of drug-likeness (QED) is 0.595. The third-order valence-electron chi connectivity index (χ3n) is 4.12. The van der Waals surface area contributed by atoms with Crippen LogP contribution in [0.3, 0.4) is 0 Å². The van der Waals surface area contributed by atoms with E-state index in [9.17, 15) is 15.0 Å². The Bertz CT molecular complexity index is 947. The topological polar surface area (TPSA) is 111 Å². The van der Waals surface area contributed by atoms with E-state index in [1.165, 1.54) is 23.4 Å². The monoisotopic (exact) mass is 376 g/mol. The number of thioether (sulfide) groups is 1. The van der Waals surface area contributed by atoms with Crippen LogP contribution in [-0.2, 0) is 7.05 Å². The molecule has 26 heavy (non-hydrogen) atoms. The summed E-state index contributed by atoms with van der Waals surface area (Å²) in [4.78, 5) is 13.0. The molecular formula is C16H20N6O3S. The lowest BCUT2D eigenvalue weighted by atomic mass is 10.3. The van der Waals surface area contributed by atoms with Crippen LogP contribution >= 0.6 is 11.8 Å². The smallest absolute Gasteiger partial charge is 0.297 e. The first kappa shape index (κ1) is 18.4. The van der Waals surface area contributed by atoms with E-state index >= 15 is 0 Å². The predicted octanol–water partition coefficient (Wildman–Crippen LogP) is 0.294. The Morgan fingerprint density at radius 1 is 1.23 bits per heavy atom. The number of hydrogen-bond acceptors (Lipinski definition) is 7. The Labute approximate surface area is 153 Å². The number of tetrazole rings is 1. The minimum atomic E-state index is -0.914. The van der Waals surface area contributed by atoms with Crippen LogP contribution in [0.5, 0.6) is 0 Å². The van der Waals surface area contributed by atoms with Gasteiger partial charge in [0.1, 0.15) is 0 Å². The average molecular weight is 376 g/mol. The zero-order valence-electron chi connectivity index (χ0n) is 14.6. The van der Waals surface area contributed by atoms with Crippen molar-refractivity contribution in [2.75, 3.05) is 5.75 Å². The van der Waals surface area contributed by atoms with Crippen LogP contribution in [0.4, 0.5) is 0 Å². The second kappa shape index (κ2) is 7.44. The van der Waals surface area contributed by atoms with Gasteiger partial charge in [-0.05, 0) is 36.4 Å². The van der Waals surface area contributed by atoms with Gasteiger partial charge in [0.2, 0.25) is 5.16 Å². The van der Waals surface area contributed by atoms with Crippen LogP contribution in [0.15, 0.2) is 40.3 Å². The highest BCUT2D eigenvalue weighted by Crippen LogP contribution is 2.21. The zero-order valence-corrected chi connectivity index (χ0v) is 15.5. The molecule has 0 saturated carbocycles. The minimum absolute atomic E-state index is 0.205. The number of nitrogens with zero attached hydrogens (tertiary/aromatic N) is 6. The highest BCUT2D eigenvalue weighted by atomic mass is 32.2. The molecule has 2 aromatic heterocycles. The van der Waals surface area contributed by atoms with Gasteiger partial charge in [0.15, 0.2) is 5.69 Å². The third kappa shape index (κ3) is 3.30. The summed E-state index contributed by atoms with van der Waals surface area (Å²) in [7, 11) is 1.79. The molecule has 9 nitrogen and oxygen atoms in total. The summed E-state index contributed by atoms with van der Waals surface area (Å²) in [6, 6.07) is 9.30. The normalized spacial score (nSPS) is 13.7. The minimum Gasteiger partial charge on any atom is -0.391 e. The molecule has 3 rings (SSSR count). The largest absolute Gasteiger partial charge is 0.391 e. The fourth-order valence-corrected chi connectivity index (χ4v) is 3.45. The number of aliphatic hydroxyl groups excluding tert-OH is 2. The molecule has 2 heterocycles. The SMILES string of the molecule is Cc1c(-n2nnnc2SCC(O)C(C)O)c(=O)n(-c2ccccc2)n1C. The maximum atomic E-state index is 13.0. The van der Waals surface area contributed by atoms with Gasteiger partial charge in [0.05, 0.1) is 23.6 Å². The van der Waals surface area contributed by atoms with Gasteiger partial charge in [-0.15, -0.1) is 5.10 Å². The molecule has 0 aliphatic carbocycles. The lowest BCUT2D eigenvalue weighted by molar-refractivity contribution is 0.0468. The maximum Gasteiger partial charge on any atom is 0.297 e. The van der Waals surface area contributed by atoms with Gasteiger partial charge >= 0.3 is 0 Å². The first-order valence-electron chi connectivity index (χ1n) is 8.03. The standard InChI is InChI=1S/C16H20N6O3S/c1-10-14(15(25)22(20(10)3)12-7-5-4-6-8-12)21-16(17-18-19-21)26-9-13(24)11(2)23/h4-8,11,13,23-24H,9H2,1-3H3. The Balaban J connectivity index is 2.02. The van der Waals surface area contributed by atoms with Crippen LogP contribution in [0, 0.1) is 6.92 Å². The fraction of sp³-hybridized carbons (Fsp3) is 0.375. The molecule has 0 amide bonds. The molecule has 0 aliphatic rings. The van der Waals surface area contributed by atoms with Crippen molar-refractivity contribution in [1.82, 2.24) is 29.6 Å².